The molecule has 2 rings (SSSR count). The lowest BCUT2D eigenvalue weighted by Crippen LogP contribution is -2.22. The van der Waals surface area contributed by atoms with Crippen LogP contribution in [0.2, 0.25) is 0 Å². The molecule has 6 nitrogen and oxygen atoms in total. The van der Waals surface area contributed by atoms with Gasteiger partial charge < -0.3 is 10.1 Å². The summed E-state index contributed by atoms with van der Waals surface area (Å²) in [6.07, 6.45) is 0. The summed E-state index contributed by atoms with van der Waals surface area (Å²) in [7, 11) is 1.57. The number of methoxy groups -OCH3 is 1. The fraction of sp³-hybridized carbons (Fsp3) is 0.188. The van der Waals surface area contributed by atoms with E-state index in [1.165, 1.54) is 6.07 Å². The zero-order valence-corrected chi connectivity index (χ0v) is 12.3. The van der Waals surface area contributed by atoms with Gasteiger partial charge in [0.05, 0.1) is 12.0 Å². The second kappa shape index (κ2) is 6.71. The first-order valence-electron chi connectivity index (χ1n) is 6.67. The summed E-state index contributed by atoms with van der Waals surface area (Å²) < 4.78 is 5.11. The molecule has 2 aromatic carbocycles. The van der Waals surface area contributed by atoms with Gasteiger partial charge in [0.2, 0.25) is 0 Å². The van der Waals surface area contributed by atoms with Crippen LogP contribution in [0, 0.1) is 17.0 Å². The van der Waals surface area contributed by atoms with Crippen LogP contribution in [-0.2, 0) is 6.54 Å². The van der Waals surface area contributed by atoms with Crippen molar-refractivity contribution >= 4 is 11.6 Å². The number of carbonyl (C=O) groups is 1. The maximum absolute atomic E-state index is 12.1. The van der Waals surface area contributed by atoms with Crippen molar-refractivity contribution in [2.24, 2.45) is 0 Å². The fourth-order valence-corrected chi connectivity index (χ4v) is 2.01. The quantitative estimate of drug-likeness (QED) is 0.680. The number of amides is 1. The number of nitro groups is 1. The summed E-state index contributed by atoms with van der Waals surface area (Å²) in [6, 6.07) is 11.8. The van der Waals surface area contributed by atoms with Crippen LogP contribution in [0.5, 0.6) is 5.75 Å². The second-order valence-corrected chi connectivity index (χ2v) is 4.79. The number of hydrogen-bond acceptors (Lipinski definition) is 4. The fourth-order valence-electron chi connectivity index (χ4n) is 2.01. The molecule has 0 heterocycles. The van der Waals surface area contributed by atoms with Crippen molar-refractivity contribution in [3.8, 4) is 5.75 Å². The lowest BCUT2D eigenvalue weighted by Gasteiger charge is -2.07. The molecule has 0 unspecified atom stereocenters. The lowest BCUT2D eigenvalue weighted by molar-refractivity contribution is -0.385. The Bertz CT molecular complexity index is 713. The van der Waals surface area contributed by atoms with Crippen molar-refractivity contribution in [2.45, 2.75) is 13.5 Å². The maximum atomic E-state index is 12.1. The molecule has 2 aromatic rings. The molecule has 1 amide bonds. The van der Waals surface area contributed by atoms with E-state index in [9.17, 15) is 14.9 Å². The third kappa shape index (κ3) is 3.60. The minimum atomic E-state index is -0.492. The highest BCUT2D eigenvalue weighted by Crippen LogP contribution is 2.19. The maximum Gasteiger partial charge on any atom is 0.273 e. The first-order valence-corrected chi connectivity index (χ1v) is 6.67. The number of rotatable bonds is 5. The van der Waals surface area contributed by atoms with E-state index in [2.05, 4.69) is 5.32 Å². The normalized spacial score (nSPS) is 10.1. The third-order valence-corrected chi connectivity index (χ3v) is 3.26. The number of nitrogens with one attached hydrogen (secondary N) is 1. The van der Waals surface area contributed by atoms with Crippen LogP contribution in [0.15, 0.2) is 42.5 Å². The Kier molecular flexibility index (Phi) is 4.73. The highest BCUT2D eigenvalue weighted by molar-refractivity contribution is 5.94. The molecular weight excluding hydrogens is 284 g/mol. The Hall–Kier alpha value is -2.89. The monoisotopic (exact) mass is 300 g/mol. The smallest absolute Gasteiger partial charge is 0.273 e. The average Bonchev–Trinajstić information content (AvgIpc) is 2.53. The minimum Gasteiger partial charge on any atom is -0.497 e. The minimum absolute atomic E-state index is 0.0611. The highest BCUT2D eigenvalue weighted by atomic mass is 16.6. The van der Waals surface area contributed by atoms with Gasteiger partial charge in [-0.05, 0) is 30.7 Å². The van der Waals surface area contributed by atoms with E-state index in [0.717, 1.165) is 5.56 Å². The van der Waals surface area contributed by atoms with E-state index >= 15 is 0 Å². The number of aryl methyl sites for hydroxylation is 1. The Morgan fingerprint density at radius 3 is 2.73 bits per heavy atom. The molecule has 0 radical (unpaired) electrons. The molecule has 0 atom stereocenters. The zero-order chi connectivity index (χ0) is 16.1. The molecule has 0 aliphatic heterocycles. The SMILES string of the molecule is COc1cccc(CNC(=O)c2ccc(C)c([N+](=O)[O-])c2)c1. The number of nitro benzene ring substituents is 1. The topological polar surface area (TPSA) is 81.5 Å². The Morgan fingerprint density at radius 2 is 2.05 bits per heavy atom. The third-order valence-electron chi connectivity index (χ3n) is 3.26. The number of benzene rings is 2. The number of ether oxygens (including phenoxy) is 1. The van der Waals surface area contributed by atoms with Crippen LogP contribution in [0.4, 0.5) is 5.69 Å². The van der Waals surface area contributed by atoms with Crippen LogP contribution in [0.1, 0.15) is 21.5 Å². The van der Waals surface area contributed by atoms with E-state index in [-0.39, 0.29) is 17.2 Å². The first kappa shape index (κ1) is 15.5. The molecule has 0 fully saturated rings. The number of nitrogens with zero attached hydrogens (tertiary/aromatic N) is 1. The lowest BCUT2D eigenvalue weighted by atomic mass is 10.1. The molecule has 0 saturated carbocycles. The van der Waals surface area contributed by atoms with E-state index in [1.807, 2.05) is 24.3 Å². The molecular formula is C16H16N2O4. The van der Waals surface area contributed by atoms with Crippen molar-refractivity contribution in [3.05, 3.63) is 69.3 Å². The molecule has 22 heavy (non-hydrogen) atoms. The average molecular weight is 300 g/mol. The van der Waals surface area contributed by atoms with Crippen molar-refractivity contribution < 1.29 is 14.5 Å². The Balaban J connectivity index is 2.09. The number of hydrogen-bond donors (Lipinski definition) is 1. The second-order valence-electron chi connectivity index (χ2n) is 4.79. The summed E-state index contributed by atoms with van der Waals surface area (Å²) in [5.41, 5.74) is 1.61. The molecule has 0 spiro atoms. The van der Waals surface area contributed by atoms with E-state index in [4.69, 9.17) is 4.74 Å². The summed E-state index contributed by atoms with van der Waals surface area (Å²) in [5.74, 6) is 0.351. The first-order chi connectivity index (χ1) is 10.5. The standard InChI is InChI=1S/C16H16N2O4/c1-11-6-7-13(9-15(11)18(20)21)16(19)17-10-12-4-3-5-14(8-12)22-2/h3-9H,10H2,1-2H3,(H,17,19). The van der Waals surface area contributed by atoms with Crippen LogP contribution < -0.4 is 10.1 Å². The van der Waals surface area contributed by atoms with Gasteiger partial charge in [-0.15, -0.1) is 0 Å². The van der Waals surface area contributed by atoms with Gasteiger partial charge in [-0.3, -0.25) is 14.9 Å². The molecule has 6 heteroatoms. The van der Waals surface area contributed by atoms with Crippen LogP contribution in [-0.4, -0.2) is 17.9 Å². The Morgan fingerprint density at radius 1 is 1.27 bits per heavy atom. The molecule has 0 aromatic heterocycles. The van der Waals surface area contributed by atoms with Gasteiger partial charge in [-0.2, -0.15) is 0 Å². The van der Waals surface area contributed by atoms with E-state index in [1.54, 1.807) is 26.2 Å². The van der Waals surface area contributed by atoms with Gasteiger partial charge in [0.25, 0.3) is 11.6 Å². The molecule has 0 saturated heterocycles. The summed E-state index contributed by atoms with van der Waals surface area (Å²) in [5, 5.41) is 13.6. The summed E-state index contributed by atoms with van der Waals surface area (Å²) in [4.78, 5) is 22.5. The van der Waals surface area contributed by atoms with Crippen LogP contribution in [0.3, 0.4) is 0 Å². The van der Waals surface area contributed by atoms with Gasteiger partial charge in [-0.1, -0.05) is 18.2 Å². The van der Waals surface area contributed by atoms with Gasteiger partial charge >= 0.3 is 0 Å². The van der Waals surface area contributed by atoms with Crippen LogP contribution >= 0.6 is 0 Å². The van der Waals surface area contributed by atoms with E-state index < -0.39 is 4.92 Å². The van der Waals surface area contributed by atoms with Crippen molar-refractivity contribution in [1.82, 2.24) is 5.32 Å². The molecule has 0 aliphatic carbocycles. The van der Waals surface area contributed by atoms with Crippen molar-refractivity contribution in [3.63, 3.8) is 0 Å². The molecule has 114 valence electrons. The predicted octanol–water partition coefficient (Wildman–Crippen LogP) is 2.84. The van der Waals surface area contributed by atoms with Crippen LogP contribution in [0.25, 0.3) is 0 Å². The zero-order valence-electron chi connectivity index (χ0n) is 12.3. The van der Waals surface area contributed by atoms with Gasteiger partial charge in [0, 0.05) is 23.7 Å². The predicted molar refractivity (Wildman–Crippen MR) is 82.0 cm³/mol. The van der Waals surface area contributed by atoms with Gasteiger partial charge in [-0.25, -0.2) is 0 Å². The molecule has 0 aliphatic rings. The van der Waals surface area contributed by atoms with Gasteiger partial charge in [0.1, 0.15) is 5.75 Å². The summed E-state index contributed by atoms with van der Waals surface area (Å²) in [6.45, 7) is 1.95. The molecule has 1 N–H and O–H groups in total. The van der Waals surface area contributed by atoms with Crippen molar-refractivity contribution in [1.29, 1.82) is 0 Å². The van der Waals surface area contributed by atoms with Gasteiger partial charge in [0.15, 0.2) is 0 Å². The Labute approximate surface area is 127 Å². The highest BCUT2D eigenvalue weighted by Gasteiger charge is 2.14. The van der Waals surface area contributed by atoms with Crippen molar-refractivity contribution in [2.75, 3.05) is 7.11 Å². The van der Waals surface area contributed by atoms with E-state index in [0.29, 0.717) is 17.9 Å². The summed E-state index contributed by atoms with van der Waals surface area (Å²) >= 11 is 0. The largest absolute Gasteiger partial charge is 0.497 e. The number of carbonyl (C=O) groups excluding carboxylic acids is 1. The molecule has 0 bridgehead atoms.